The van der Waals surface area contributed by atoms with Gasteiger partial charge in [-0.3, -0.25) is 0 Å². The van der Waals surface area contributed by atoms with Crippen LogP contribution in [-0.2, 0) is 0 Å². The third-order valence-electron chi connectivity index (χ3n) is 4.00. The van der Waals surface area contributed by atoms with E-state index in [1.165, 1.54) is 0 Å². The van der Waals surface area contributed by atoms with Gasteiger partial charge in [-0.2, -0.15) is 4.68 Å². The van der Waals surface area contributed by atoms with Gasteiger partial charge in [-0.1, -0.05) is 46.5 Å². The fourth-order valence-electron chi connectivity index (χ4n) is 2.81. The minimum Gasteiger partial charge on any atom is -0.497 e. The van der Waals surface area contributed by atoms with E-state index in [-0.39, 0.29) is 6.04 Å². The van der Waals surface area contributed by atoms with E-state index in [2.05, 4.69) is 20.8 Å². The number of halogens is 2. The Morgan fingerprint density at radius 1 is 1.12 bits per heavy atom. The molecule has 0 saturated heterocycles. The summed E-state index contributed by atoms with van der Waals surface area (Å²) in [5.41, 5.74) is 2.55. The maximum Gasteiger partial charge on any atom is 0.248 e. The fourth-order valence-corrected chi connectivity index (χ4v) is 3.43. The van der Waals surface area contributed by atoms with E-state index in [0.717, 1.165) is 22.6 Å². The molecule has 1 aliphatic heterocycles. The molecule has 0 fully saturated rings. The minimum atomic E-state index is -0.325. The molecule has 4 rings (SSSR count). The van der Waals surface area contributed by atoms with Crippen LogP contribution in [0.5, 0.6) is 5.75 Å². The molecule has 25 heavy (non-hydrogen) atoms. The van der Waals surface area contributed by atoms with Crippen molar-refractivity contribution in [3.05, 3.63) is 69.7 Å². The van der Waals surface area contributed by atoms with E-state index in [1.54, 1.807) is 23.9 Å². The quantitative estimate of drug-likeness (QED) is 0.750. The normalized spacial score (nSPS) is 16.0. The highest BCUT2D eigenvalue weighted by Crippen LogP contribution is 2.38. The van der Waals surface area contributed by atoms with Crippen molar-refractivity contribution in [2.45, 2.75) is 6.04 Å². The molecule has 2 aromatic carbocycles. The Hall–Kier alpha value is -2.57. The van der Waals surface area contributed by atoms with E-state index in [0.29, 0.717) is 16.0 Å². The maximum atomic E-state index is 6.40. The number of benzene rings is 2. The number of nitrogens with zero attached hydrogens (tertiary/aromatic N) is 4. The predicted octanol–water partition coefficient (Wildman–Crippen LogP) is 4.04. The van der Waals surface area contributed by atoms with Crippen molar-refractivity contribution < 1.29 is 4.74 Å². The molecule has 3 aromatic rings. The van der Waals surface area contributed by atoms with Gasteiger partial charge in [0, 0.05) is 26.9 Å². The number of ether oxygens (including phenoxy) is 1. The Kier molecular flexibility index (Phi) is 4.07. The first-order valence-electron chi connectivity index (χ1n) is 7.52. The number of nitrogens with one attached hydrogen (secondary N) is 1. The highest BCUT2D eigenvalue weighted by atomic mass is 35.5. The van der Waals surface area contributed by atoms with E-state index < -0.39 is 0 Å². The van der Waals surface area contributed by atoms with Crippen LogP contribution in [0.2, 0.25) is 10.0 Å². The van der Waals surface area contributed by atoms with Gasteiger partial charge < -0.3 is 10.1 Å². The van der Waals surface area contributed by atoms with Crippen LogP contribution in [0.4, 0.5) is 5.95 Å². The lowest BCUT2D eigenvalue weighted by Crippen LogP contribution is -2.20. The summed E-state index contributed by atoms with van der Waals surface area (Å²) in [4.78, 5) is 0. The number of rotatable bonds is 3. The first-order chi connectivity index (χ1) is 12.2. The van der Waals surface area contributed by atoms with E-state index >= 15 is 0 Å². The van der Waals surface area contributed by atoms with Gasteiger partial charge in [0.1, 0.15) is 11.8 Å². The van der Waals surface area contributed by atoms with E-state index in [1.807, 2.05) is 36.4 Å². The van der Waals surface area contributed by atoms with Crippen LogP contribution in [0.3, 0.4) is 0 Å². The second-order valence-electron chi connectivity index (χ2n) is 5.46. The van der Waals surface area contributed by atoms with Crippen LogP contribution in [0.25, 0.3) is 5.70 Å². The molecule has 2 heterocycles. The standard InChI is InChI=1S/C17H13Cl2N5O/c1-25-11-5-2-4-10(8-11)14-9-15(24-17(20-14)21-22-23-24)16-12(18)6-3-7-13(16)19/h2-9,15H,1H3,(H,20,21,23). The van der Waals surface area contributed by atoms with Crippen molar-refractivity contribution in [3.63, 3.8) is 0 Å². The number of allylic oxidation sites excluding steroid dienone is 1. The number of anilines is 1. The number of hydrogen-bond donors (Lipinski definition) is 1. The van der Waals surface area contributed by atoms with Crippen LogP contribution >= 0.6 is 23.2 Å². The minimum absolute atomic E-state index is 0.325. The molecule has 1 atom stereocenters. The van der Waals surface area contributed by atoms with E-state index in [9.17, 15) is 0 Å². The molecule has 1 unspecified atom stereocenters. The number of fused-ring (bicyclic) bond motifs is 1. The average Bonchev–Trinajstić information content (AvgIpc) is 3.10. The third kappa shape index (κ3) is 2.83. The summed E-state index contributed by atoms with van der Waals surface area (Å²) >= 11 is 12.8. The number of hydrogen-bond acceptors (Lipinski definition) is 5. The van der Waals surface area contributed by atoms with Crippen molar-refractivity contribution in [3.8, 4) is 5.75 Å². The zero-order chi connectivity index (χ0) is 17.4. The molecule has 1 aromatic heterocycles. The number of aromatic nitrogens is 4. The Morgan fingerprint density at radius 3 is 2.64 bits per heavy atom. The van der Waals surface area contributed by atoms with Gasteiger partial charge in [0.05, 0.1) is 7.11 Å². The van der Waals surface area contributed by atoms with Crippen LogP contribution < -0.4 is 10.1 Å². The number of tetrazole rings is 1. The summed E-state index contributed by atoms with van der Waals surface area (Å²) in [5, 5.41) is 16.2. The molecule has 0 amide bonds. The van der Waals surface area contributed by atoms with Crippen LogP contribution in [-0.4, -0.2) is 27.3 Å². The molecule has 8 heteroatoms. The van der Waals surface area contributed by atoms with Crippen LogP contribution in [0.15, 0.2) is 48.5 Å². The lowest BCUT2D eigenvalue weighted by molar-refractivity contribution is 0.414. The van der Waals surface area contributed by atoms with Crippen LogP contribution in [0.1, 0.15) is 17.2 Å². The van der Waals surface area contributed by atoms with Gasteiger partial charge >= 0.3 is 0 Å². The van der Waals surface area contributed by atoms with Crippen molar-refractivity contribution >= 4 is 34.8 Å². The molecule has 6 nitrogen and oxygen atoms in total. The summed E-state index contributed by atoms with van der Waals surface area (Å²) < 4.78 is 6.96. The van der Waals surface area contributed by atoms with Gasteiger partial charge in [0.15, 0.2) is 0 Å². The monoisotopic (exact) mass is 373 g/mol. The van der Waals surface area contributed by atoms with Crippen molar-refractivity contribution in [1.29, 1.82) is 0 Å². The molecule has 0 aliphatic carbocycles. The summed E-state index contributed by atoms with van der Waals surface area (Å²) in [6.07, 6.45) is 1.99. The second kappa shape index (κ2) is 6.38. The summed E-state index contributed by atoms with van der Waals surface area (Å²) in [6.45, 7) is 0. The van der Waals surface area contributed by atoms with Crippen molar-refractivity contribution in [2.75, 3.05) is 12.4 Å². The lowest BCUT2D eigenvalue weighted by Gasteiger charge is -2.25. The largest absolute Gasteiger partial charge is 0.497 e. The molecule has 1 N–H and O–H groups in total. The Labute approximate surface area is 154 Å². The highest BCUT2D eigenvalue weighted by molar-refractivity contribution is 6.36. The van der Waals surface area contributed by atoms with Crippen LogP contribution in [0, 0.1) is 0 Å². The third-order valence-corrected chi connectivity index (χ3v) is 4.66. The lowest BCUT2D eigenvalue weighted by atomic mass is 10.0. The molecule has 0 radical (unpaired) electrons. The molecular weight excluding hydrogens is 361 g/mol. The summed E-state index contributed by atoms with van der Waals surface area (Å²) in [6, 6.07) is 12.8. The predicted molar refractivity (Wildman–Crippen MR) is 97.0 cm³/mol. The Morgan fingerprint density at radius 2 is 1.88 bits per heavy atom. The topological polar surface area (TPSA) is 64.9 Å². The zero-order valence-corrected chi connectivity index (χ0v) is 14.7. The van der Waals surface area contributed by atoms with Gasteiger partial charge in [0.25, 0.3) is 0 Å². The molecule has 126 valence electrons. The van der Waals surface area contributed by atoms with Crippen molar-refractivity contribution in [2.24, 2.45) is 0 Å². The maximum absolute atomic E-state index is 6.40. The molecule has 1 aliphatic rings. The SMILES string of the molecule is COc1cccc(C2=CC(c3c(Cl)cccc3Cl)n3nnnc3N2)c1. The first kappa shape index (κ1) is 15.9. The van der Waals surface area contributed by atoms with Gasteiger partial charge in [0.2, 0.25) is 5.95 Å². The molecule has 0 bridgehead atoms. The second-order valence-corrected chi connectivity index (χ2v) is 6.28. The fraction of sp³-hybridized carbons (Fsp3) is 0.118. The number of methoxy groups -OCH3 is 1. The molecular formula is C17H13Cl2N5O. The average molecular weight is 374 g/mol. The van der Waals surface area contributed by atoms with Gasteiger partial charge in [-0.15, -0.1) is 0 Å². The van der Waals surface area contributed by atoms with E-state index in [4.69, 9.17) is 27.9 Å². The first-order valence-corrected chi connectivity index (χ1v) is 8.28. The van der Waals surface area contributed by atoms with Gasteiger partial charge in [-0.05, 0) is 40.8 Å². The molecule has 0 spiro atoms. The smallest absolute Gasteiger partial charge is 0.248 e. The highest BCUT2D eigenvalue weighted by Gasteiger charge is 2.27. The van der Waals surface area contributed by atoms with Crippen molar-refractivity contribution in [1.82, 2.24) is 20.2 Å². The Balaban J connectivity index is 1.86. The summed E-state index contributed by atoms with van der Waals surface area (Å²) in [5.74, 6) is 1.28. The summed E-state index contributed by atoms with van der Waals surface area (Å²) in [7, 11) is 1.63. The zero-order valence-electron chi connectivity index (χ0n) is 13.1. The molecule has 0 saturated carbocycles. The van der Waals surface area contributed by atoms with Gasteiger partial charge in [-0.25, -0.2) is 0 Å². The Bertz CT molecular complexity index is 949.